The topological polar surface area (TPSA) is 91.7 Å². The molecule has 0 saturated carbocycles. The number of alkyl halides is 3. The number of ketones is 1. The molecule has 0 saturated heterocycles. The van der Waals surface area contributed by atoms with Crippen LogP contribution in [0.5, 0.6) is 0 Å². The fourth-order valence-electron chi connectivity index (χ4n) is 1.81. The maximum absolute atomic E-state index is 13.5. The number of carbonyl (C=O) groups excluding carboxylic acids is 1. The molecule has 0 aliphatic heterocycles. The second-order valence-corrected chi connectivity index (χ2v) is 5.35. The van der Waals surface area contributed by atoms with Gasteiger partial charge in [0.2, 0.25) is 0 Å². The van der Waals surface area contributed by atoms with Crippen LogP contribution >= 0.6 is 15.9 Å². The van der Waals surface area contributed by atoms with Gasteiger partial charge < -0.3 is 10.2 Å². The Hall–Kier alpha value is -1.83. The maximum atomic E-state index is 13.5. The van der Waals surface area contributed by atoms with Gasteiger partial charge in [-0.15, -0.1) is 0 Å². The summed E-state index contributed by atoms with van der Waals surface area (Å²) in [5.74, 6) is -9.21. The normalized spacial score (nSPS) is 13.0. The summed E-state index contributed by atoms with van der Waals surface area (Å²) < 4.78 is 26.9. The summed E-state index contributed by atoms with van der Waals surface area (Å²) in [5.41, 5.74) is 0.105. The lowest BCUT2D eigenvalue weighted by atomic mass is 9.86. The zero-order valence-corrected chi connectivity index (χ0v) is 12.1. The van der Waals surface area contributed by atoms with E-state index in [9.17, 15) is 23.2 Å². The van der Waals surface area contributed by atoms with Crippen LogP contribution in [0, 0.1) is 11.8 Å². The second-order valence-electron chi connectivity index (χ2n) is 4.30. The summed E-state index contributed by atoms with van der Waals surface area (Å²) in [6.45, 7) is 0. The minimum absolute atomic E-state index is 0.105. The van der Waals surface area contributed by atoms with E-state index in [-0.39, 0.29) is 5.56 Å². The van der Waals surface area contributed by atoms with Gasteiger partial charge in [-0.3, -0.25) is 14.4 Å². The molecule has 5 nitrogen and oxygen atoms in total. The minimum atomic E-state index is -3.81. The van der Waals surface area contributed by atoms with Gasteiger partial charge in [0.1, 0.15) is 0 Å². The Balaban J connectivity index is 3.08. The Morgan fingerprint density at radius 3 is 1.95 bits per heavy atom. The van der Waals surface area contributed by atoms with Crippen molar-refractivity contribution in [2.75, 3.05) is 0 Å². The zero-order chi connectivity index (χ0) is 16.2. The maximum Gasteiger partial charge on any atom is 0.318 e. The molecule has 0 radical (unpaired) electrons. The number of benzene rings is 1. The summed E-state index contributed by atoms with van der Waals surface area (Å²) >= 11 is 1.97. The molecule has 0 aliphatic carbocycles. The van der Waals surface area contributed by atoms with Crippen molar-refractivity contribution in [3.8, 4) is 0 Å². The summed E-state index contributed by atoms with van der Waals surface area (Å²) in [6.07, 6.45) is -0.911. The van der Waals surface area contributed by atoms with Crippen LogP contribution in [0.3, 0.4) is 0 Å². The average molecular weight is 365 g/mol. The molecule has 0 fully saturated rings. The molecule has 1 aromatic carbocycles. The molecule has 0 heterocycles. The average Bonchev–Trinajstić information content (AvgIpc) is 2.36. The highest BCUT2D eigenvalue weighted by atomic mass is 79.9. The lowest BCUT2D eigenvalue weighted by Gasteiger charge is -2.24. The fraction of sp³-hybridized carbons (Fsp3) is 0.308. The summed E-state index contributed by atoms with van der Waals surface area (Å²) in [5, 5.41) is 17.6. The highest BCUT2D eigenvalue weighted by Crippen LogP contribution is 2.39. The van der Waals surface area contributed by atoms with Crippen molar-refractivity contribution >= 4 is 33.7 Å². The first-order chi connectivity index (χ1) is 9.64. The van der Waals surface area contributed by atoms with Crippen molar-refractivity contribution in [2.24, 2.45) is 11.8 Å². The van der Waals surface area contributed by atoms with Gasteiger partial charge in [-0.2, -0.15) is 8.78 Å². The fourth-order valence-corrected chi connectivity index (χ4v) is 2.24. The van der Waals surface area contributed by atoms with Crippen molar-refractivity contribution in [1.29, 1.82) is 0 Å². The van der Waals surface area contributed by atoms with Gasteiger partial charge in [0, 0.05) is 12.0 Å². The third-order valence-corrected chi connectivity index (χ3v) is 3.44. The van der Waals surface area contributed by atoms with E-state index in [2.05, 4.69) is 0 Å². The van der Waals surface area contributed by atoms with Crippen molar-refractivity contribution in [1.82, 2.24) is 0 Å². The van der Waals surface area contributed by atoms with Crippen LogP contribution in [0.4, 0.5) is 8.78 Å². The molecule has 0 bridgehead atoms. The second kappa shape index (κ2) is 6.75. The summed E-state index contributed by atoms with van der Waals surface area (Å²) in [6, 6.07) is 7.40. The number of aliphatic carboxylic acids is 2. The Labute approximate surface area is 126 Å². The third-order valence-electron chi connectivity index (χ3n) is 2.86. The molecule has 1 atom stereocenters. The van der Waals surface area contributed by atoms with Crippen LogP contribution in [0.1, 0.15) is 16.8 Å². The molecule has 0 aliphatic rings. The Morgan fingerprint density at radius 2 is 1.57 bits per heavy atom. The first-order valence-corrected chi connectivity index (χ1v) is 6.54. The Morgan fingerprint density at radius 1 is 1.10 bits per heavy atom. The molecule has 0 unspecified atom stereocenters. The van der Waals surface area contributed by atoms with E-state index >= 15 is 0 Å². The van der Waals surface area contributed by atoms with E-state index in [1.54, 1.807) is 6.07 Å². The quantitative estimate of drug-likeness (QED) is 0.440. The largest absolute Gasteiger partial charge is 0.481 e. The molecular weight excluding hydrogens is 354 g/mol. The van der Waals surface area contributed by atoms with Gasteiger partial charge >= 0.3 is 16.8 Å². The van der Waals surface area contributed by atoms with Gasteiger partial charge in [-0.05, 0) is 15.9 Å². The van der Waals surface area contributed by atoms with Crippen molar-refractivity contribution in [3.05, 3.63) is 35.9 Å². The van der Waals surface area contributed by atoms with Crippen LogP contribution in [0.25, 0.3) is 0 Å². The number of Topliss-reactive ketones (excluding diaryl/α,β-unsaturated/α-hetero) is 1. The highest BCUT2D eigenvalue weighted by molar-refractivity contribution is 9.10. The molecule has 1 rings (SSSR count). The molecule has 114 valence electrons. The van der Waals surface area contributed by atoms with Gasteiger partial charge in [0.05, 0.1) is 5.92 Å². The van der Waals surface area contributed by atoms with Gasteiger partial charge in [0.15, 0.2) is 11.7 Å². The molecule has 1 aromatic rings. The zero-order valence-electron chi connectivity index (χ0n) is 10.5. The Kier molecular flexibility index (Phi) is 5.54. The smallest absolute Gasteiger partial charge is 0.318 e. The van der Waals surface area contributed by atoms with Crippen molar-refractivity contribution in [2.45, 2.75) is 11.3 Å². The van der Waals surface area contributed by atoms with E-state index < -0.39 is 40.8 Å². The van der Waals surface area contributed by atoms with Crippen molar-refractivity contribution < 1.29 is 33.4 Å². The first-order valence-electron chi connectivity index (χ1n) is 5.75. The van der Waals surface area contributed by atoms with Crippen LogP contribution < -0.4 is 0 Å². The number of carboxylic acids is 2. The highest BCUT2D eigenvalue weighted by Gasteiger charge is 2.49. The van der Waals surface area contributed by atoms with Crippen LogP contribution in [0.15, 0.2) is 30.3 Å². The van der Waals surface area contributed by atoms with E-state index in [0.717, 1.165) is 0 Å². The molecule has 0 aromatic heterocycles. The minimum Gasteiger partial charge on any atom is -0.481 e. The van der Waals surface area contributed by atoms with E-state index in [4.69, 9.17) is 10.2 Å². The number of rotatable bonds is 7. The van der Waals surface area contributed by atoms with E-state index in [0.29, 0.717) is 0 Å². The monoisotopic (exact) mass is 364 g/mol. The lowest BCUT2D eigenvalue weighted by Crippen LogP contribution is -2.40. The number of halogens is 3. The van der Waals surface area contributed by atoms with Crippen LogP contribution in [0.2, 0.25) is 0 Å². The molecule has 8 heteroatoms. The van der Waals surface area contributed by atoms with E-state index in [1.165, 1.54) is 24.3 Å². The van der Waals surface area contributed by atoms with Crippen molar-refractivity contribution in [3.63, 3.8) is 0 Å². The summed E-state index contributed by atoms with van der Waals surface area (Å²) in [4.78, 5) is 29.9. The molecular formula is C13H11BrF2O5. The number of hydrogen-bond acceptors (Lipinski definition) is 3. The summed E-state index contributed by atoms with van der Waals surface area (Å²) in [7, 11) is 0. The number of carbonyl (C=O) groups is 3. The third kappa shape index (κ3) is 4.59. The Bertz CT molecular complexity index is 527. The lowest BCUT2D eigenvalue weighted by molar-refractivity contribution is -0.161. The first kappa shape index (κ1) is 17.2. The SMILES string of the molecule is O=C(C[C@@H](C(C(=O)O)C(=O)O)C(F)(F)Br)c1ccccc1. The van der Waals surface area contributed by atoms with Gasteiger partial charge in [-0.1, -0.05) is 30.3 Å². The van der Waals surface area contributed by atoms with Gasteiger partial charge in [-0.25, -0.2) is 0 Å². The molecule has 2 N–H and O–H groups in total. The number of carboxylic acid groups (broad SMARTS) is 2. The predicted molar refractivity (Wildman–Crippen MR) is 71.5 cm³/mol. The molecule has 21 heavy (non-hydrogen) atoms. The molecule has 0 spiro atoms. The standard InChI is InChI=1S/C13H11BrF2O5/c14-13(15,16)8(10(11(18)19)12(20)21)6-9(17)7-4-2-1-3-5-7/h1-5,8,10H,6H2,(H,18,19)(H,20,21)/t8-/m0/s1. The van der Waals surface area contributed by atoms with Gasteiger partial charge in [0.25, 0.3) is 0 Å². The van der Waals surface area contributed by atoms with E-state index in [1.807, 2.05) is 15.9 Å². The molecule has 0 amide bonds. The number of hydrogen-bond donors (Lipinski definition) is 2. The van der Waals surface area contributed by atoms with Crippen LogP contribution in [-0.4, -0.2) is 32.8 Å². The predicted octanol–water partition coefficient (Wildman–Crippen LogP) is 2.65. The van der Waals surface area contributed by atoms with Crippen LogP contribution in [-0.2, 0) is 9.59 Å².